The second-order valence-corrected chi connectivity index (χ2v) is 9.89. The zero-order valence-electron chi connectivity index (χ0n) is 19.8. The van der Waals surface area contributed by atoms with Crippen molar-refractivity contribution in [1.82, 2.24) is 14.6 Å². The maximum absolute atomic E-state index is 13.4. The molecule has 34 heavy (non-hydrogen) atoms. The third kappa shape index (κ3) is 7.02. The third-order valence-electron chi connectivity index (χ3n) is 5.15. The molecule has 0 aliphatic carbocycles. The van der Waals surface area contributed by atoms with E-state index in [1.54, 1.807) is 13.8 Å². The Morgan fingerprint density at radius 1 is 1.44 bits per heavy atom. The van der Waals surface area contributed by atoms with Crippen LogP contribution in [0.25, 0.3) is 10.4 Å². The monoisotopic (exact) mass is 502 g/mol. The Balaban J connectivity index is 2.23. The Morgan fingerprint density at radius 3 is 2.74 bits per heavy atom. The number of aryl methyl sites for hydroxylation is 1. The molecule has 2 rings (SSSR count). The molecule has 1 unspecified atom stereocenters. The van der Waals surface area contributed by atoms with E-state index in [2.05, 4.69) is 20.1 Å². The zero-order chi connectivity index (χ0) is 25.5. The van der Waals surface area contributed by atoms with Crippen molar-refractivity contribution in [1.29, 1.82) is 0 Å². The number of methoxy groups -OCH3 is 1. The SMILES string of the molecule is CCCOP(=O)(N[C@H](C(=O)OC)C(C)C)OC[C@H]1O[C@@H](n2cc(C)c(=O)[nH]c2=O)C[C@@H]1N=[N+]=[N-]. The molecule has 0 bridgehead atoms. The summed E-state index contributed by atoms with van der Waals surface area (Å²) in [6.45, 7) is 6.61. The average molecular weight is 502 g/mol. The van der Waals surface area contributed by atoms with Crippen molar-refractivity contribution in [3.63, 3.8) is 0 Å². The topological polar surface area (TPSA) is 187 Å². The summed E-state index contributed by atoms with van der Waals surface area (Å²) in [5.41, 5.74) is 8.05. The van der Waals surface area contributed by atoms with Crippen LogP contribution in [0.3, 0.4) is 0 Å². The van der Waals surface area contributed by atoms with Gasteiger partial charge in [0.1, 0.15) is 12.3 Å². The Hall–Kier alpha value is -2.47. The van der Waals surface area contributed by atoms with Gasteiger partial charge in [-0.25, -0.2) is 14.4 Å². The molecule has 1 aromatic rings. The number of rotatable bonds is 12. The molecule has 1 aliphatic heterocycles. The van der Waals surface area contributed by atoms with Crippen molar-refractivity contribution in [3.05, 3.63) is 43.0 Å². The first-order valence-corrected chi connectivity index (χ1v) is 12.4. The van der Waals surface area contributed by atoms with Gasteiger partial charge in [-0.05, 0) is 24.8 Å². The van der Waals surface area contributed by atoms with Gasteiger partial charge in [0.25, 0.3) is 5.56 Å². The van der Waals surface area contributed by atoms with Crippen molar-refractivity contribution in [2.75, 3.05) is 20.3 Å². The van der Waals surface area contributed by atoms with Gasteiger partial charge in [-0.2, -0.15) is 0 Å². The lowest BCUT2D eigenvalue weighted by Crippen LogP contribution is -2.41. The standard InChI is InChI=1S/C19H31N6O8P/c1-6-7-31-34(29,23-16(11(2)3)18(27)30-5)32-10-14-13(22-24-20)8-15(33-14)25-9-12(4)17(26)21-19(25)28/h9,11,13-16H,6-8,10H2,1-5H3,(H,23,29)(H,21,26,28)/t13-,14+,15+,16-,34?/m0/s1. The van der Waals surface area contributed by atoms with Crippen LogP contribution in [0.15, 0.2) is 20.9 Å². The number of hydrogen-bond acceptors (Lipinski definition) is 9. The van der Waals surface area contributed by atoms with E-state index in [4.69, 9.17) is 24.1 Å². The Bertz CT molecular complexity index is 1070. The molecule has 0 spiro atoms. The lowest BCUT2D eigenvalue weighted by atomic mass is 10.1. The highest BCUT2D eigenvalue weighted by Gasteiger charge is 2.40. The molecule has 1 aromatic heterocycles. The van der Waals surface area contributed by atoms with Gasteiger partial charge in [-0.15, -0.1) is 0 Å². The largest absolute Gasteiger partial charge is 0.468 e. The summed E-state index contributed by atoms with van der Waals surface area (Å²) in [6, 6.07) is -1.71. The summed E-state index contributed by atoms with van der Waals surface area (Å²) < 4.78 is 36.2. The molecule has 15 heteroatoms. The van der Waals surface area contributed by atoms with Crippen LogP contribution in [-0.2, 0) is 27.9 Å². The maximum Gasteiger partial charge on any atom is 0.406 e. The molecule has 0 saturated carbocycles. The Kier molecular flexibility index (Phi) is 10.0. The van der Waals surface area contributed by atoms with Crippen molar-refractivity contribution in [2.45, 2.75) is 65.0 Å². The van der Waals surface area contributed by atoms with Crippen LogP contribution >= 0.6 is 7.75 Å². The first kappa shape index (κ1) is 27.8. The van der Waals surface area contributed by atoms with Crippen LogP contribution in [0.5, 0.6) is 0 Å². The lowest BCUT2D eigenvalue weighted by Gasteiger charge is -2.27. The van der Waals surface area contributed by atoms with Gasteiger partial charge in [-0.3, -0.25) is 28.2 Å². The maximum atomic E-state index is 13.4. The molecule has 1 fully saturated rings. The van der Waals surface area contributed by atoms with Crippen molar-refractivity contribution in [3.8, 4) is 0 Å². The molecule has 190 valence electrons. The van der Waals surface area contributed by atoms with Crippen LogP contribution in [0.4, 0.5) is 0 Å². The fraction of sp³-hybridized carbons (Fsp3) is 0.737. The number of nitrogens with one attached hydrogen (secondary N) is 2. The van der Waals surface area contributed by atoms with E-state index in [0.717, 1.165) is 0 Å². The number of azide groups is 1. The number of carbonyl (C=O) groups is 1. The van der Waals surface area contributed by atoms with Gasteiger partial charge in [0.15, 0.2) is 0 Å². The van der Waals surface area contributed by atoms with Crippen molar-refractivity contribution >= 4 is 13.7 Å². The van der Waals surface area contributed by atoms with Crippen LogP contribution in [0, 0.1) is 12.8 Å². The van der Waals surface area contributed by atoms with Gasteiger partial charge in [0, 0.05) is 23.1 Å². The van der Waals surface area contributed by atoms with Gasteiger partial charge in [0.2, 0.25) is 0 Å². The minimum atomic E-state index is -4.01. The van der Waals surface area contributed by atoms with Crippen molar-refractivity contribution in [2.24, 2.45) is 11.0 Å². The van der Waals surface area contributed by atoms with Gasteiger partial charge in [-0.1, -0.05) is 25.9 Å². The lowest BCUT2D eigenvalue weighted by molar-refractivity contribution is -0.143. The van der Waals surface area contributed by atoms with Crippen LogP contribution < -0.4 is 16.3 Å². The highest BCUT2D eigenvalue weighted by molar-refractivity contribution is 7.51. The molecular weight excluding hydrogens is 471 g/mol. The zero-order valence-corrected chi connectivity index (χ0v) is 20.7. The minimum absolute atomic E-state index is 0.0935. The van der Waals surface area contributed by atoms with E-state index in [0.29, 0.717) is 12.0 Å². The predicted octanol–water partition coefficient (Wildman–Crippen LogP) is 2.15. The molecule has 5 atom stereocenters. The van der Waals surface area contributed by atoms with E-state index in [9.17, 15) is 18.9 Å². The number of aromatic nitrogens is 2. The van der Waals surface area contributed by atoms with Crippen LogP contribution in [-0.4, -0.2) is 54.0 Å². The number of carbonyl (C=O) groups excluding carboxylic acids is 1. The molecule has 1 saturated heterocycles. The van der Waals surface area contributed by atoms with Crippen LogP contribution in [0.2, 0.25) is 0 Å². The van der Waals surface area contributed by atoms with Gasteiger partial charge in [0.05, 0.1) is 32.5 Å². The molecular formula is C19H31N6O8P. The van der Waals surface area contributed by atoms with Crippen molar-refractivity contribution < 1.29 is 27.9 Å². The van der Waals surface area contributed by atoms with Crippen LogP contribution in [0.1, 0.15) is 45.4 Å². The first-order valence-electron chi connectivity index (χ1n) is 10.8. The molecule has 0 amide bonds. The quantitative estimate of drug-likeness (QED) is 0.142. The fourth-order valence-electron chi connectivity index (χ4n) is 3.29. The first-order chi connectivity index (χ1) is 16.0. The van der Waals surface area contributed by atoms with E-state index in [1.807, 2.05) is 6.92 Å². The van der Waals surface area contributed by atoms with E-state index >= 15 is 0 Å². The smallest absolute Gasteiger partial charge is 0.406 e. The normalized spacial score (nSPS) is 22.7. The van der Waals surface area contributed by atoms with Gasteiger partial charge >= 0.3 is 19.4 Å². The Labute approximate surface area is 196 Å². The molecule has 0 aromatic carbocycles. The number of H-pyrrole nitrogens is 1. The molecule has 0 radical (unpaired) electrons. The molecule has 2 heterocycles. The third-order valence-corrected chi connectivity index (χ3v) is 6.76. The summed E-state index contributed by atoms with van der Waals surface area (Å²) in [6.07, 6.45) is 0.277. The van der Waals surface area contributed by atoms with E-state index in [-0.39, 0.29) is 25.6 Å². The molecule has 14 nitrogen and oxygen atoms in total. The summed E-state index contributed by atoms with van der Waals surface area (Å²) in [5.74, 6) is -0.913. The highest BCUT2D eigenvalue weighted by Crippen LogP contribution is 2.46. The average Bonchev–Trinajstić information content (AvgIpc) is 3.19. The van der Waals surface area contributed by atoms with E-state index in [1.165, 1.54) is 24.8 Å². The predicted molar refractivity (Wildman–Crippen MR) is 121 cm³/mol. The summed E-state index contributed by atoms with van der Waals surface area (Å²) in [7, 11) is -2.79. The highest BCUT2D eigenvalue weighted by atomic mass is 31.2. The number of ether oxygens (including phenoxy) is 2. The fourth-order valence-corrected chi connectivity index (χ4v) is 5.02. The number of aromatic amines is 1. The number of nitrogens with zero attached hydrogens (tertiary/aromatic N) is 4. The molecule has 1 aliphatic rings. The second kappa shape index (κ2) is 12.3. The van der Waals surface area contributed by atoms with E-state index < -0.39 is 49.4 Å². The number of esters is 1. The number of hydrogen-bond donors (Lipinski definition) is 2. The van der Waals surface area contributed by atoms with Gasteiger partial charge < -0.3 is 9.47 Å². The summed E-state index contributed by atoms with van der Waals surface area (Å²) in [5, 5.41) is 6.34. The second-order valence-electron chi connectivity index (χ2n) is 8.12. The minimum Gasteiger partial charge on any atom is -0.468 e. The summed E-state index contributed by atoms with van der Waals surface area (Å²) >= 11 is 0. The molecule has 2 N–H and O–H groups in total. The summed E-state index contributed by atoms with van der Waals surface area (Å²) in [4.78, 5) is 41.0. The Morgan fingerprint density at radius 2 is 2.15 bits per heavy atom.